The maximum absolute atomic E-state index is 12.9. The molecular formula is C19H27NO3. The first-order chi connectivity index (χ1) is 10.9. The lowest BCUT2D eigenvalue weighted by Gasteiger charge is -2.32. The average Bonchev–Trinajstić information content (AvgIpc) is 2.48. The lowest BCUT2D eigenvalue weighted by atomic mass is 9.90. The Bertz CT molecular complexity index is 574. The molecule has 1 aromatic carbocycles. The Morgan fingerprint density at radius 1 is 1.26 bits per heavy atom. The number of carboxylic acids is 1. The van der Waals surface area contributed by atoms with Crippen molar-refractivity contribution in [2.45, 2.75) is 40.0 Å². The summed E-state index contributed by atoms with van der Waals surface area (Å²) >= 11 is 0. The van der Waals surface area contributed by atoms with Crippen LogP contribution in [0.25, 0.3) is 0 Å². The minimum Gasteiger partial charge on any atom is -0.481 e. The van der Waals surface area contributed by atoms with Crippen LogP contribution in [0.2, 0.25) is 0 Å². The van der Waals surface area contributed by atoms with Crippen molar-refractivity contribution >= 4 is 11.8 Å². The Morgan fingerprint density at radius 3 is 2.48 bits per heavy atom. The maximum Gasteiger partial charge on any atom is 0.304 e. The van der Waals surface area contributed by atoms with Gasteiger partial charge in [-0.25, -0.2) is 0 Å². The number of aliphatic carboxylic acids is 1. The Labute approximate surface area is 138 Å². The number of piperidine rings is 1. The molecule has 1 unspecified atom stereocenters. The van der Waals surface area contributed by atoms with Gasteiger partial charge in [0.1, 0.15) is 0 Å². The molecule has 0 bridgehead atoms. The van der Waals surface area contributed by atoms with E-state index in [9.17, 15) is 14.7 Å². The summed E-state index contributed by atoms with van der Waals surface area (Å²) in [5.74, 6) is -0.691. The van der Waals surface area contributed by atoms with Gasteiger partial charge < -0.3 is 10.0 Å². The molecule has 4 nitrogen and oxygen atoms in total. The Balaban J connectivity index is 2.13. The highest BCUT2D eigenvalue weighted by molar-refractivity contribution is 6.00. The minimum atomic E-state index is -0.904. The number of hydrogen-bond acceptors (Lipinski definition) is 3. The smallest absolute Gasteiger partial charge is 0.304 e. The Kier molecular flexibility index (Phi) is 5.94. The first-order valence-corrected chi connectivity index (χ1v) is 8.42. The second-order valence-corrected chi connectivity index (χ2v) is 6.96. The molecular weight excluding hydrogens is 290 g/mol. The second kappa shape index (κ2) is 7.73. The average molecular weight is 317 g/mol. The van der Waals surface area contributed by atoms with Crippen molar-refractivity contribution in [1.82, 2.24) is 4.90 Å². The third-order valence-electron chi connectivity index (χ3n) is 4.79. The van der Waals surface area contributed by atoms with Gasteiger partial charge in [0.2, 0.25) is 0 Å². The van der Waals surface area contributed by atoms with Crippen molar-refractivity contribution in [1.29, 1.82) is 0 Å². The van der Waals surface area contributed by atoms with E-state index in [0.717, 1.165) is 43.0 Å². The number of Topliss-reactive ketones (excluding diaryl/α,β-unsaturated/α-hetero) is 1. The number of carbonyl (C=O) groups excluding carboxylic acids is 1. The summed E-state index contributed by atoms with van der Waals surface area (Å²) in [6, 6.07) is 5.73. The van der Waals surface area contributed by atoms with Crippen LogP contribution in [0.4, 0.5) is 0 Å². The van der Waals surface area contributed by atoms with Crippen LogP contribution in [0.15, 0.2) is 18.2 Å². The van der Waals surface area contributed by atoms with Crippen LogP contribution >= 0.6 is 0 Å². The van der Waals surface area contributed by atoms with Crippen LogP contribution in [0.3, 0.4) is 0 Å². The van der Waals surface area contributed by atoms with Crippen LogP contribution in [0.1, 0.15) is 47.7 Å². The topological polar surface area (TPSA) is 57.6 Å². The first kappa shape index (κ1) is 17.7. The molecule has 1 atom stereocenters. The number of hydrogen-bond donors (Lipinski definition) is 1. The zero-order valence-electron chi connectivity index (χ0n) is 14.3. The lowest BCUT2D eigenvalue weighted by molar-refractivity contribution is -0.137. The molecule has 0 amide bonds. The number of nitrogens with zero attached hydrogens (tertiary/aromatic N) is 1. The summed E-state index contributed by atoms with van der Waals surface area (Å²) in [4.78, 5) is 26.3. The number of rotatable bonds is 6. The highest BCUT2D eigenvalue weighted by atomic mass is 16.4. The van der Waals surface area contributed by atoms with Crippen molar-refractivity contribution in [3.63, 3.8) is 0 Å². The number of benzene rings is 1. The molecule has 2 rings (SSSR count). The van der Waals surface area contributed by atoms with Crippen LogP contribution in [0, 0.1) is 25.7 Å². The summed E-state index contributed by atoms with van der Waals surface area (Å²) in [6.07, 6.45) is 2.15. The Hall–Kier alpha value is -1.68. The van der Waals surface area contributed by atoms with Crippen LogP contribution in [-0.2, 0) is 4.79 Å². The van der Waals surface area contributed by atoms with Gasteiger partial charge in [-0.3, -0.25) is 9.59 Å². The fourth-order valence-electron chi connectivity index (χ4n) is 3.32. The molecule has 4 heteroatoms. The summed E-state index contributed by atoms with van der Waals surface area (Å²) in [5, 5.41) is 9.19. The van der Waals surface area contributed by atoms with Crippen molar-refractivity contribution < 1.29 is 14.7 Å². The molecule has 0 aromatic heterocycles. The van der Waals surface area contributed by atoms with E-state index >= 15 is 0 Å². The molecule has 1 saturated heterocycles. The number of carbonyl (C=O) groups is 2. The van der Waals surface area contributed by atoms with Crippen LogP contribution in [-0.4, -0.2) is 41.4 Å². The fraction of sp³-hybridized carbons (Fsp3) is 0.579. The summed E-state index contributed by atoms with van der Waals surface area (Å²) in [5.41, 5.74) is 2.70. The molecule has 1 N–H and O–H groups in total. The normalized spacial score (nSPS) is 17.9. The molecule has 1 fully saturated rings. The molecule has 0 spiro atoms. The third kappa shape index (κ3) is 4.90. The summed E-state index contributed by atoms with van der Waals surface area (Å²) in [7, 11) is 0. The maximum atomic E-state index is 12.9. The van der Waals surface area contributed by atoms with E-state index in [-0.39, 0.29) is 12.2 Å². The lowest BCUT2D eigenvalue weighted by Crippen LogP contribution is -2.39. The zero-order chi connectivity index (χ0) is 17.0. The molecule has 23 heavy (non-hydrogen) atoms. The van der Waals surface area contributed by atoms with Crippen molar-refractivity contribution in [3.05, 3.63) is 34.9 Å². The minimum absolute atomic E-state index is 0.0384. The zero-order valence-corrected chi connectivity index (χ0v) is 14.3. The van der Waals surface area contributed by atoms with Crippen molar-refractivity contribution in [2.24, 2.45) is 11.8 Å². The second-order valence-electron chi connectivity index (χ2n) is 6.96. The molecule has 0 aliphatic carbocycles. The molecule has 1 aromatic rings. The number of carboxylic acid groups (broad SMARTS) is 1. The van der Waals surface area contributed by atoms with E-state index < -0.39 is 11.9 Å². The number of likely N-dealkylation sites (tertiary alicyclic amines) is 1. The van der Waals surface area contributed by atoms with Gasteiger partial charge >= 0.3 is 5.97 Å². The van der Waals surface area contributed by atoms with E-state index in [2.05, 4.69) is 11.8 Å². The van der Waals surface area contributed by atoms with Gasteiger partial charge in [-0.15, -0.1) is 0 Å². The first-order valence-electron chi connectivity index (χ1n) is 8.42. The predicted molar refractivity (Wildman–Crippen MR) is 90.8 cm³/mol. The molecule has 0 saturated carbocycles. The van der Waals surface area contributed by atoms with Gasteiger partial charge in [0, 0.05) is 18.0 Å². The standard InChI is InChI=1S/C19H27NO3/c1-13-6-8-20(9-7-13)12-16(11-18(21)22)19(23)17-5-4-14(2)10-15(17)3/h4-5,10,13,16H,6-9,11-12H2,1-3H3,(H,21,22). The fourth-order valence-corrected chi connectivity index (χ4v) is 3.32. The largest absolute Gasteiger partial charge is 0.481 e. The summed E-state index contributed by atoms with van der Waals surface area (Å²) < 4.78 is 0. The van der Waals surface area contributed by atoms with Gasteiger partial charge in [-0.1, -0.05) is 30.7 Å². The molecule has 1 aliphatic heterocycles. The van der Waals surface area contributed by atoms with E-state index in [0.29, 0.717) is 12.1 Å². The van der Waals surface area contributed by atoms with E-state index in [1.54, 1.807) is 0 Å². The summed E-state index contributed by atoms with van der Waals surface area (Å²) in [6.45, 7) is 8.61. The third-order valence-corrected chi connectivity index (χ3v) is 4.79. The van der Waals surface area contributed by atoms with Gasteiger partial charge in [-0.2, -0.15) is 0 Å². The van der Waals surface area contributed by atoms with Gasteiger partial charge in [-0.05, 0) is 51.3 Å². The highest BCUT2D eigenvalue weighted by Gasteiger charge is 2.27. The van der Waals surface area contributed by atoms with E-state index in [4.69, 9.17) is 0 Å². The number of aryl methyl sites for hydroxylation is 2. The van der Waals surface area contributed by atoms with Crippen LogP contribution < -0.4 is 0 Å². The SMILES string of the molecule is Cc1ccc(C(=O)C(CC(=O)O)CN2CCC(C)CC2)c(C)c1. The van der Waals surface area contributed by atoms with Gasteiger partial charge in [0.05, 0.1) is 6.42 Å². The Morgan fingerprint density at radius 2 is 1.91 bits per heavy atom. The van der Waals surface area contributed by atoms with Crippen molar-refractivity contribution in [2.75, 3.05) is 19.6 Å². The van der Waals surface area contributed by atoms with Crippen molar-refractivity contribution in [3.8, 4) is 0 Å². The molecule has 1 heterocycles. The monoisotopic (exact) mass is 317 g/mol. The molecule has 1 aliphatic rings. The number of ketones is 1. The van der Waals surface area contributed by atoms with E-state index in [1.807, 2.05) is 32.0 Å². The molecule has 126 valence electrons. The molecule has 0 radical (unpaired) electrons. The highest BCUT2D eigenvalue weighted by Crippen LogP contribution is 2.22. The quantitative estimate of drug-likeness (QED) is 0.818. The van der Waals surface area contributed by atoms with Crippen LogP contribution in [0.5, 0.6) is 0 Å². The predicted octanol–water partition coefficient (Wildman–Crippen LogP) is 3.31. The van der Waals surface area contributed by atoms with Gasteiger partial charge in [0.15, 0.2) is 5.78 Å². The van der Waals surface area contributed by atoms with E-state index in [1.165, 1.54) is 0 Å². The van der Waals surface area contributed by atoms with Gasteiger partial charge in [0.25, 0.3) is 0 Å².